The predicted octanol–water partition coefficient (Wildman–Crippen LogP) is 4.36. The molecule has 0 fully saturated rings. The fraction of sp³-hybridized carbons (Fsp3) is 0.263. The third-order valence-corrected chi connectivity index (χ3v) is 3.96. The Morgan fingerprint density at radius 1 is 0.714 bits per heavy atom. The van der Waals surface area contributed by atoms with Crippen molar-refractivity contribution >= 4 is 12.2 Å². The Kier molecular flexibility index (Phi) is 3.96. The molecule has 1 aliphatic rings. The van der Waals surface area contributed by atoms with Crippen LogP contribution in [0.4, 0.5) is 0 Å². The highest BCUT2D eigenvalue weighted by Crippen LogP contribution is 2.28. The molecule has 0 amide bonds. The first-order valence-electron chi connectivity index (χ1n) is 7.32. The number of ether oxygens (including phenoxy) is 2. The summed E-state index contributed by atoms with van der Waals surface area (Å²) in [5, 5.41) is 0. The van der Waals surface area contributed by atoms with Gasteiger partial charge in [0.25, 0.3) is 0 Å². The Balaban J connectivity index is 2.09. The molecule has 0 saturated heterocycles. The number of methoxy groups -OCH3 is 2. The minimum absolute atomic E-state index is 0.907. The molecule has 108 valence electrons. The van der Waals surface area contributed by atoms with E-state index in [4.69, 9.17) is 9.47 Å². The molecule has 2 heteroatoms. The van der Waals surface area contributed by atoms with Gasteiger partial charge in [-0.1, -0.05) is 24.3 Å². The molecular formula is C19H20O2. The van der Waals surface area contributed by atoms with Gasteiger partial charge in [-0.15, -0.1) is 0 Å². The van der Waals surface area contributed by atoms with Gasteiger partial charge in [-0.25, -0.2) is 0 Å². The van der Waals surface area contributed by atoms with Crippen molar-refractivity contribution in [2.75, 3.05) is 14.2 Å². The van der Waals surface area contributed by atoms with Gasteiger partial charge in [0.15, 0.2) is 0 Å². The van der Waals surface area contributed by atoms with Crippen molar-refractivity contribution in [3.05, 3.63) is 58.7 Å². The maximum Gasteiger partial charge on any atom is 0.126 e. The van der Waals surface area contributed by atoms with E-state index < -0.39 is 0 Å². The molecular weight excluding hydrogens is 260 g/mol. The van der Waals surface area contributed by atoms with E-state index in [-0.39, 0.29) is 0 Å². The summed E-state index contributed by atoms with van der Waals surface area (Å²) in [6, 6.07) is 12.9. The third kappa shape index (κ3) is 2.94. The number of rotatable bonds is 2. The lowest BCUT2D eigenvalue weighted by Gasteiger charge is -2.07. The van der Waals surface area contributed by atoms with Gasteiger partial charge in [-0.05, 0) is 54.7 Å². The molecule has 1 aliphatic carbocycles. The second-order valence-corrected chi connectivity index (χ2v) is 5.34. The number of hydrogen-bond acceptors (Lipinski definition) is 2. The fourth-order valence-electron chi connectivity index (χ4n) is 2.82. The number of aryl methyl sites for hydroxylation is 2. The van der Waals surface area contributed by atoms with Crippen molar-refractivity contribution in [2.24, 2.45) is 0 Å². The van der Waals surface area contributed by atoms with Crippen molar-refractivity contribution < 1.29 is 9.47 Å². The molecule has 3 rings (SSSR count). The van der Waals surface area contributed by atoms with E-state index in [0.29, 0.717) is 0 Å². The van der Waals surface area contributed by atoms with Gasteiger partial charge in [-0.2, -0.15) is 0 Å². The molecule has 2 nitrogen and oxygen atoms in total. The maximum atomic E-state index is 5.45. The molecule has 0 unspecified atom stereocenters. The first-order valence-corrected chi connectivity index (χ1v) is 7.32. The highest BCUT2D eigenvalue weighted by molar-refractivity contribution is 5.75. The van der Waals surface area contributed by atoms with E-state index in [2.05, 4.69) is 48.6 Å². The summed E-state index contributed by atoms with van der Waals surface area (Å²) in [5.41, 5.74) is 4.95. The van der Waals surface area contributed by atoms with Gasteiger partial charge in [-0.3, -0.25) is 0 Å². The number of benzene rings is 2. The zero-order chi connectivity index (χ0) is 14.7. The van der Waals surface area contributed by atoms with Crippen molar-refractivity contribution in [1.82, 2.24) is 0 Å². The highest BCUT2D eigenvalue weighted by Gasteiger charge is 2.07. The number of fused-ring (bicyclic) bond motifs is 4. The van der Waals surface area contributed by atoms with Gasteiger partial charge in [0.1, 0.15) is 11.5 Å². The summed E-state index contributed by atoms with van der Waals surface area (Å²) < 4.78 is 10.9. The van der Waals surface area contributed by atoms with Crippen molar-refractivity contribution in [2.45, 2.75) is 19.3 Å². The Bertz CT molecular complexity index is 614. The molecule has 21 heavy (non-hydrogen) atoms. The van der Waals surface area contributed by atoms with E-state index in [9.17, 15) is 0 Å². The van der Waals surface area contributed by atoms with E-state index in [1.165, 1.54) is 11.1 Å². The summed E-state index contributed by atoms with van der Waals surface area (Å²) in [4.78, 5) is 0. The summed E-state index contributed by atoms with van der Waals surface area (Å²) in [6.07, 6.45) is 7.54. The normalized spacial score (nSPS) is 15.0. The molecule has 0 radical (unpaired) electrons. The lowest BCUT2D eigenvalue weighted by atomic mass is 10.0. The van der Waals surface area contributed by atoms with Crippen LogP contribution in [0.2, 0.25) is 0 Å². The van der Waals surface area contributed by atoms with Crippen LogP contribution in [0.15, 0.2) is 36.4 Å². The zero-order valence-electron chi connectivity index (χ0n) is 12.6. The minimum Gasteiger partial charge on any atom is -0.496 e. The molecule has 0 spiro atoms. The highest BCUT2D eigenvalue weighted by atomic mass is 16.5. The summed E-state index contributed by atoms with van der Waals surface area (Å²) >= 11 is 0. The van der Waals surface area contributed by atoms with Gasteiger partial charge < -0.3 is 9.47 Å². The molecule has 0 aromatic heterocycles. The van der Waals surface area contributed by atoms with E-state index in [1.807, 2.05) is 0 Å². The topological polar surface area (TPSA) is 18.5 Å². The van der Waals surface area contributed by atoms with Crippen LogP contribution < -0.4 is 9.47 Å². The van der Waals surface area contributed by atoms with E-state index in [0.717, 1.165) is 41.9 Å². The first kappa shape index (κ1) is 13.7. The summed E-state index contributed by atoms with van der Waals surface area (Å²) in [5.74, 6) is 1.81. The average Bonchev–Trinajstić information content (AvgIpc) is 2.54. The van der Waals surface area contributed by atoms with Crippen LogP contribution in [0.3, 0.4) is 0 Å². The van der Waals surface area contributed by atoms with E-state index >= 15 is 0 Å². The van der Waals surface area contributed by atoms with Crippen LogP contribution in [-0.4, -0.2) is 14.2 Å². The van der Waals surface area contributed by atoms with E-state index in [1.54, 1.807) is 14.2 Å². The van der Waals surface area contributed by atoms with Crippen LogP contribution in [0.1, 0.15) is 28.7 Å². The van der Waals surface area contributed by atoms with Crippen LogP contribution in [0.5, 0.6) is 11.5 Å². The quantitative estimate of drug-likeness (QED) is 0.813. The second-order valence-electron chi connectivity index (χ2n) is 5.34. The Morgan fingerprint density at radius 2 is 1.19 bits per heavy atom. The monoisotopic (exact) mass is 280 g/mol. The zero-order valence-corrected chi connectivity index (χ0v) is 12.6. The lowest BCUT2D eigenvalue weighted by Crippen LogP contribution is -1.93. The molecule has 0 atom stereocenters. The first-order chi connectivity index (χ1) is 10.3. The molecule has 0 heterocycles. The predicted molar refractivity (Wildman–Crippen MR) is 86.9 cm³/mol. The lowest BCUT2D eigenvalue weighted by molar-refractivity contribution is 0.413. The van der Waals surface area contributed by atoms with Crippen LogP contribution in [0, 0.1) is 0 Å². The fourth-order valence-corrected chi connectivity index (χ4v) is 2.82. The SMILES string of the molecule is COc1ccc2cc1/C=C\c1cc(ccc1OC)CCC2. The second kappa shape index (κ2) is 6.04. The molecule has 0 aliphatic heterocycles. The standard InChI is InChI=1S/C19H20O2/c1-20-18-10-6-14-4-3-5-15-7-11-19(21-2)17(13-15)9-8-16(18)12-14/h6-13H,3-5H2,1-2H3/b9-8-. The van der Waals surface area contributed by atoms with Crippen LogP contribution in [0.25, 0.3) is 12.2 Å². The van der Waals surface area contributed by atoms with Gasteiger partial charge in [0, 0.05) is 11.1 Å². The Hall–Kier alpha value is -2.22. The number of hydrogen-bond donors (Lipinski definition) is 0. The molecule has 2 aromatic carbocycles. The van der Waals surface area contributed by atoms with Crippen molar-refractivity contribution in [1.29, 1.82) is 0 Å². The largest absolute Gasteiger partial charge is 0.496 e. The molecule has 2 aromatic rings. The van der Waals surface area contributed by atoms with Crippen LogP contribution in [-0.2, 0) is 12.8 Å². The Morgan fingerprint density at radius 3 is 1.62 bits per heavy atom. The summed E-state index contributed by atoms with van der Waals surface area (Å²) in [6.45, 7) is 0. The third-order valence-electron chi connectivity index (χ3n) is 3.96. The van der Waals surface area contributed by atoms with Gasteiger partial charge >= 0.3 is 0 Å². The maximum absolute atomic E-state index is 5.45. The molecule has 4 bridgehead atoms. The smallest absolute Gasteiger partial charge is 0.126 e. The van der Waals surface area contributed by atoms with Crippen molar-refractivity contribution in [3.8, 4) is 11.5 Å². The molecule has 0 N–H and O–H groups in total. The molecule has 0 saturated carbocycles. The van der Waals surface area contributed by atoms with Crippen molar-refractivity contribution in [3.63, 3.8) is 0 Å². The Labute approximate surface area is 126 Å². The average molecular weight is 280 g/mol. The van der Waals surface area contributed by atoms with Crippen LogP contribution >= 0.6 is 0 Å². The van der Waals surface area contributed by atoms with Gasteiger partial charge in [0.2, 0.25) is 0 Å². The van der Waals surface area contributed by atoms with Gasteiger partial charge in [0.05, 0.1) is 14.2 Å². The summed E-state index contributed by atoms with van der Waals surface area (Å²) in [7, 11) is 3.43. The minimum atomic E-state index is 0.907.